The summed E-state index contributed by atoms with van der Waals surface area (Å²) in [6.07, 6.45) is -1.55. The third-order valence-electron chi connectivity index (χ3n) is 5.87. The van der Waals surface area contributed by atoms with Crippen LogP contribution in [0.1, 0.15) is 38.7 Å². The van der Waals surface area contributed by atoms with E-state index in [1.165, 1.54) is 18.9 Å². The van der Waals surface area contributed by atoms with Gasteiger partial charge in [-0.2, -0.15) is 13.2 Å². The molecule has 186 valence electrons. The van der Waals surface area contributed by atoms with E-state index in [9.17, 15) is 18.0 Å². The van der Waals surface area contributed by atoms with Crippen molar-refractivity contribution in [3.05, 3.63) is 106 Å². The number of aryl methyl sites for hydroxylation is 1. The molecular weight excluding hydrogens is 489 g/mol. The molecule has 0 fully saturated rings. The van der Waals surface area contributed by atoms with Gasteiger partial charge in [-0.3, -0.25) is 14.8 Å². The summed E-state index contributed by atoms with van der Waals surface area (Å²) in [6.45, 7) is 3.16. The summed E-state index contributed by atoms with van der Waals surface area (Å²) >= 11 is 6.04. The zero-order chi connectivity index (χ0) is 26.0. The van der Waals surface area contributed by atoms with Crippen LogP contribution in [0.25, 0.3) is 11.1 Å². The molecule has 0 saturated carbocycles. The molecule has 0 saturated heterocycles. The van der Waals surface area contributed by atoms with E-state index >= 15 is 0 Å². The fraction of sp³-hybridized carbons (Fsp3) is 0.222. The number of aromatic nitrogens is 3. The Labute approximate surface area is 212 Å². The standard InChI is InChI=1S/C27H24ClF3N4O/c1-17-13-33-22(14-32-17)16-34(3)26(36)24-23(20-9-11-21(28)12-10-20)18(2)25(27(29,30)31)35(24)15-19-7-5-4-6-8-19/h4-14H,15-16H2,1-3H3. The largest absolute Gasteiger partial charge is 0.431 e. The maximum absolute atomic E-state index is 14.4. The second-order valence-electron chi connectivity index (χ2n) is 8.58. The number of carbonyl (C=O) groups excluding carboxylic acids is 1. The summed E-state index contributed by atoms with van der Waals surface area (Å²) < 4.78 is 44.4. The molecule has 0 aliphatic rings. The molecule has 5 nitrogen and oxygen atoms in total. The van der Waals surface area contributed by atoms with Crippen molar-refractivity contribution in [2.45, 2.75) is 33.1 Å². The van der Waals surface area contributed by atoms with Crippen molar-refractivity contribution in [2.24, 2.45) is 0 Å². The Morgan fingerprint density at radius 1 is 1.00 bits per heavy atom. The van der Waals surface area contributed by atoms with Crippen LogP contribution in [0.15, 0.2) is 67.0 Å². The summed E-state index contributed by atoms with van der Waals surface area (Å²) in [5.41, 5.74) is 1.66. The Balaban J connectivity index is 1.91. The molecular formula is C27H24ClF3N4O. The van der Waals surface area contributed by atoms with Crippen LogP contribution in [0.4, 0.5) is 13.2 Å². The van der Waals surface area contributed by atoms with Gasteiger partial charge in [0.05, 0.1) is 24.1 Å². The topological polar surface area (TPSA) is 51.0 Å². The summed E-state index contributed by atoms with van der Waals surface area (Å²) in [6, 6.07) is 15.2. The number of alkyl halides is 3. The fourth-order valence-electron chi connectivity index (χ4n) is 4.22. The van der Waals surface area contributed by atoms with Gasteiger partial charge < -0.3 is 9.47 Å². The lowest BCUT2D eigenvalue weighted by atomic mass is 10.00. The van der Waals surface area contributed by atoms with Crippen molar-refractivity contribution in [1.82, 2.24) is 19.4 Å². The van der Waals surface area contributed by atoms with Gasteiger partial charge in [0.25, 0.3) is 5.91 Å². The third kappa shape index (κ3) is 5.28. The molecule has 0 aliphatic heterocycles. The van der Waals surface area contributed by atoms with Crippen LogP contribution in [0.2, 0.25) is 5.02 Å². The summed E-state index contributed by atoms with van der Waals surface area (Å²) in [4.78, 5) is 23.7. The first kappa shape index (κ1) is 25.4. The van der Waals surface area contributed by atoms with E-state index in [2.05, 4.69) is 9.97 Å². The molecule has 0 unspecified atom stereocenters. The molecule has 2 aromatic carbocycles. The monoisotopic (exact) mass is 512 g/mol. The van der Waals surface area contributed by atoms with Crippen LogP contribution in [-0.4, -0.2) is 32.4 Å². The minimum absolute atomic E-state index is 0.0207. The van der Waals surface area contributed by atoms with Crippen molar-refractivity contribution in [1.29, 1.82) is 0 Å². The quantitative estimate of drug-likeness (QED) is 0.294. The SMILES string of the molecule is Cc1cnc(CN(C)C(=O)c2c(-c3ccc(Cl)cc3)c(C)c(C(F)(F)F)n2Cc2ccccc2)cn1. The van der Waals surface area contributed by atoms with E-state index in [-0.39, 0.29) is 29.9 Å². The maximum Gasteiger partial charge on any atom is 0.431 e. The molecule has 0 radical (unpaired) electrons. The molecule has 0 aliphatic carbocycles. The van der Waals surface area contributed by atoms with Crippen molar-refractivity contribution in [3.63, 3.8) is 0 Å². The highest BCUT2D eigenvalue weighted by Crippen LogP contribution is 2.42. The van der Waals surface area contributed by atoms with E-state index < -0.39 is 17.8 Å². The number of hydrogen-bond acceptors (Lipinski definition) is 3. The molecule has 0 N–H and O–H groups in total. The predicted octanol–water partition coefficient (Wildman–Crippen LogP) is 6.55. The van der Waals surface area contributed by atoms with Crippen LogP contribution in [-0.2, 0) is 19.3 Å². The average Bonchev–Trinajstić information content (AvgIpc) is 3.13. The molecule has 4 aromatic rings. The first-order valence-corrected chi connectivity index (χ1v) is 11.6. The predicted molar refractivity (Wildman–Crippen MR) is 133 cm³/mol. The molecule has 9 heteroatoms. The van der Waals surface area contributed by atoms with E-state index in [0.29, 0.717) is 21.8 Å². The number of halogens is 4. The van der Waals surface area contributed by atoms with E-state index in [1.54, 1.807) is 73.9 Å². The van der Waals surface area contributed by atoms with Gasteiger partial charge in [0.1, 0.15) is 11.4 Å². The van der Waals surface area contributed by atoms with Crippen LogP contribution >= 0.6 is 11.6 Å². The van der Waals surface area contributed by atoms with E-state index in [0.717, 1.165) is 10.3 Å². The number of nitrogens with zero attached hydrogens (tertiary/aromatic N) is 4. The van der Waals surface area contributed by atoms with Crippen LogP contribution in [0, 0.1) is 13.8 Å². The van der Waals surface area contributed by atoms with Gasteiger partial charge >= 0.3 is 6.18 Å². The molecule has 0 spiro atoms. The Morgan fingerprint density at radius 3 is 2.25 bits per heavy atom. The minimum Gasteiger partial charge on any atom is -0.334 e. The molecule has 0 bridgehead atoms. The van der Waals surface area contributed by atoms with Gasteiger partial charge in [-0.1, -0.05) is 54.1 Å². The Hall–Kier alpha value is -3.65. The first-order valence-electron chi connectivity index (χ1n) is 11.2. The molecule has 2 heterocycles. The maximum atomic E-state index is 14.4. The second-order valence-corrected chi connectivity index (χ2v) is 9.02. The third-order valence-corrected chi connectivity index (χ3v) is 6.13. The van der Waals surface area contributed by atoms with Crippen molar-refractivity contribution in [3.8, 4) is 11.1 Å². The van der Waals surface area contributed by atoms with Crippen molar-refractivity contribution in [2.75, 3.05) is 7.05 Å². The zero-order valence-corrected chi connectivity index (χ0v) is 20.7. The van der Waals surface area contributed by atoms with E-state index in [4.69, 9.17) is 11.6 Å². The number of rotatable bonds is 6. The van der Waals surface area contributed by atoms with Crippen LogP contribution < -0.4 is 0 Å². The minimum atomic E-state index is -4.68. The zero-order valence-electron chi connectivity index (χ0n) is 20.0. The number of hydrogen-bond donors (Lipinski definition) is 0. The fourth-order valence-corrected chi connectivity index (χ4v) is 4.35. The van der Waals surface area contributed by atoms with Crippen LogP contribution in [0.5, 0.6) is 0 Å². The van der Waals surface area contributed by atoms with Gasteiger partial charge in [-0.15, -0.1) is 0 Å². The highest BCUT2D eigenvalue weighted by Gasteiger charge is 2.41. The number of benzene rings is 2. The highest BCUT2D eigenvalue weighted by molar-refractivity contribution is 6.30. The molecule has 0 atom stereocenters. The Morgan fingerprint density at radius 2 is 1.67 bits per heavy atom. The van der Waals surface area contributed by atoms with Crippen molar-refractivity contribution >= 4 is 17.5 Å². The lowest BCUT2D eigenvalue weighted by Crippen LogP contribution is -2.30. The van der Waals surface area contributed by atoms with Crippen LogP contribution in [0.3, 0.4) is 0 Å². The first-order chi connectivity index (χ1) is 17.1. The lowest BCUT2D eigenvalue weighted by molar-refractivity contribution is -0.143. The van der Waals surface area contributed by atoms with Crippen molar-refractivity contribution < 1.29 is 18.0 Å². The van der Waals surface area contributed by atoms with Gasteiger partial charge in [0.2, 0.25) is 0 Å². The average molecular weight is 513 g/mol. The summed E-state index contributed by atoms with van der Waals surface area (Å²) in [5.74, 6) is -0.558. The molecule has 36 heavy (non-hydrogen) atoms. The van der Waals surface area contributed by atoms with Gasteiger partial charge in [0, 0.05) is 30.4 Å². The Kier molecular flexibility index (Phi) is 7.17. The highest BCUT2D eigenvalue weighted by atomic mass is 35.5. The number of amides is 1. The summed E-state index contributed by atoms with van der Waals surface area (Å²) in [7, 11) is 1.54. The Bertz CT molecular complexity index is 1370. The summed E-state index contributed by atoms with van der Waals surface area (Å²) in [5, 5.41) is 0.444. The van der Waals surface area contributed by atoms with E-state index in [1.807, 2.05) is 0 Å². The van der Waals surface area contributed by atoms with Gasteiger partial charge in [-0.05, 0) is 42.7 Å². The smallest absolute Gasteiger partial charge is 0.334 e. The lowest BCUT2D eigenvalue weighted by Gasteiger charge is -2.21. The second kappa shape index (κ2) is 10.1. The molecule has 4 rings (SSSR count). The van der Waals surface area contributed by atoms with Gasteiger partial charge in [0.15, 0.2) is 0 Å². The number of carbonyl (C=O) groups is 1. The normalized spacial score (nSPS) is 11.5. The molecule has 2 aromatic heterocycles. The van der Waals surface area contributed by atoms with Gasteiger partial charge in [-0.25, -0.2) is 0 Å². The molecule has 1 amide bonds.